The van der Waals surface area contributed by atoms with E-state index < -0.39 is 0 Å². The van der Waals surface area contributed by atoms with Crippen molar-refractivity contribution in [3.05, 3.63) is 78.1 Å². The molecule has 1 nitrogen and oxygen atoms in total. The lowest BCUT2D eigenvalue weighted by atomic mass is 10.0. The Hall–Kier alpha value is -2.15. The molecule has 0 unspecified atom stereocenters. The second-order valence-electron chi connectivity index (χ2n) is 8.49. The van der Waals surface area contributed by atoms with Gasteiger partial charge in [0.2, 0.25) is 0 Å². The molecular formula is C28H38N+. The Kier molecular flexibility index (Phi) is 9.23. The van der Waals surface area contributed by atoms with Crippen LogP contribution in [0.15, 0.2) is 67.0 Å². The number of hydrogen-bond acceptors (Lipinski definition) is 0. The average molecular weight is 389 g/mol. The molecule has 0 amide bonds. The Morgan fingerprint density at radius 1 is 0.586 bits per heavy atom. The van der Waals surface area contributed by atoms with Gasteiger partial charge in [-0.3, -0.25) is 0 Å². The number of aryl methyl sites for hydroxylation is 1. The molecule has 0 fully saturated rings. The molecule has 0 aliphatic carbocycles. The van der Waals surface area contributed by atoms with E-state index in [0.29, 0.717) is 0 Å². The summed E-state index contributed by atoms with van der Waals surface area (Å²) in [7, 11) is 0. The second-order valence-corrected chi connectivity index (χ2v) is 8.49. The summed E-state index contributed by atoms with van der Waals surface area (Å²) in [6.45, 7) is 3.22. The van der Waals surface area contributed by atoms with E-state index in [1.807, 2.05) is 0 Å². The van der Waals surface area contributed by atoms with E-state index in [4.69, 9.17) is 0 Å². The third-order valence-electron chi connectivity index (χ3n) is 5.95. The number of pyridine rings is 1. The number of unbranched alkanes of at least 4 members (excludes halogenated alkanes) is 9. The standard InChI is InChI=1S/C28H38N/c1-2-3-4-5-6-7-8-9-10-11-14-25-17-19-26(20-18-25)23-29-22-21-27-15-12-13-16-28(27)24-29/h12-13,15-22,24H,2-11,14,23H2,1H3/q+1. The van der Waals surface area contributed by atoms with Gasteiger partial charge in [0.1, 0.15) is 0 Å². The molecule has 0 aliphatic heterocycles. The van der Waals surface area contributed by atoms with Crippen LogP contribution in [0.3, 0.4) is 0 Å². The zero-order valence-electron chi connectivity index (χ0n) is 18.3. The van der Waals surface area contributed by atoms with E-state index in [2.05, 4.69) is 78.5 Å². The third kappa shape index (κ3) is 7.65. The van der Waals surface area contributed by atoms with E-state index in [9.17, 15) is 0 Å². The highest BCUT2D eigenvalue weighted by Gasteiger charge is 2.05. The minimum atomic E-state index is 0.934. The lowest BCUT2D eigenvalue weighted by Gasteiger charge is -2.04. The summed E-state index contributed by atoms with van der Waals surface area (Å²) in [5.41, 5.74) is 2.86. The summed E-state index contributed by atoms with van der Waals surface area (Å²) >= 11 is 0. The molecule has 3 aromatic rings. The molecule has 0 aliphatic rings. The molecule has 29 heavy (non-hydrogen) atoms. The number of rotatable bonds is 13. The van der Waals surface area contributed by atoms with Crippen LogP contribution >= 0.6 is 0 Å². The Labute approximate surface area is 177 Å². The van der Waals surface area contributed by atoms with Crippen molar-refractivity contribution in [3.63, 3.8) is 0 Å². The van der Waals surface area contributed by atoms with Crippen LogP contribution in [0.2, 0.25) is 0 Å². The number of hydrogen-bond donors (Lipinski definition) is 0. The van der Waals surface area contributed by atoms with Gasteiger partial charge in [-0.05, 0) is 29.9 Å². The summed E-state index contributed by atoms with van der Waals surface area (Å²) < 4.78 is 2.28. The highest BCUT2D eigenvalue weighted by atomic mass is 14.9. The predicted octanol–water partition coefficient (Wildman–Crippen LogP) is 7.64. The van der Waals surface area contributed by atoms with Gasteiger partial charge in [0.15, 0.2) is 18.9 Å². The predicted molar refractivity (Wildman–Crippen MR) is 125 cm³/mol. The van der Waals surface area contributed by atoms with E-state index in [-0.39, 0.29) is 0 Å². The van der Waals surface area contributed by atoms with Gasteiger partial charge in [-0.25, -0.2) is 4.57 Å². The average Bonchev–Trinajstić information content (AvgIpc) is 2.76. The van der Waals surface area contributed by atoms with Gasteiger partial charge < -0.3 is 0 Å². The Morgan fingerprint density at radius 3 is 1.86 bits per heavy atom. The van der Waals surface area contributed by atoms with Crippen molar-refractivity contribution in [2.24, 2.45) is 0 Å². The largest absolute Gasteiger partial charge is 0.200 e. The smallest absolute Gasteiger partial charge is 0.176 e. The number of nitrogens with zero attached hydrogens (tertiary/aromatic N) is 1. The number of benzene rings is 2. The fraction of sp³-hybridized carbons (Fsp3) is 0.464. The van der Waals surface area contributed by atoms with Crippen LogP contribution in [-0.2, 0) is 13.0 Å². The summed E-state index contributed by atoms with van der Waals surface area (Å²) in [4.78, 5) is 0. The first kappa shape index (κ1) is 21.6. The molecule has 2 aromatic carbocycles. The molecule has 0 saturated heterocycles. The minimum Gasteiger partial charge on any atom is -0.200 e. The summed E-state index contributed by atoms with van der Waals surface area (Å²) in [5.74, 6) is 0. The minimum absolute atomic E-state index is 0.934. The van der Waals surface area contributed by atoms with Gasteiger partial charge in [-0.1, -0.05) is 107 Å². The molecule has 1 aromatic heterocycles. The first-order chi connectivity index (χ1) is 14.3. The molecule has 1 heterocycles. The third-order valence-corrected chi connectivity index (χ3v) is 5.95. The van der Waals surface area contributed by atoms with E-state index >= 15 is 0 Å². The number of fused-ring (bicyclic) bond motifs is 1. The van der Waals surface area contributed by atoms with Crippen LogP contribution in [-0.4, -0.2) is 0 Å². The molecule has 0 atom stereocenters. The van der Waals surface area contributed by atoms with Gasteiger partial charge >= 0.3 is 0 Å². The highest BCUT2D eigenvalue weighted by molar-refractivity contribution is 5.80. The van der Waals surface area contributed by atoms with Gasteiger partial charge in [0, 0.05) is 17.0 Å². The van der Waals surface area contributed by atoms with Gasteiger partial charge in [-0.2, -0.15) is 0 Å². The van der Waals surface area contributed by atoms with Crippen molar-refractivity contribution in [1.29, 1.82) is 0 Å². The van der Waals surface area contributed by atoms with Gasteiger partial charge in [0.25, 0.3) is 0 Å². The van der Waals surface area contributed by atoms with Crippen molar-refractivity contribution in [2.45, 2.75) is 84.1 Å². The quantitative estimate of drug-likeness (QED) is 0.209. The van der Waals surface area contributed by atoms with E-state index in [1.54, 1.807) is 0 Å². The lowest BCUT2D eigenvalue weighted by molar-refractivity contribution is -0.687. The molecule has 3 rings (SSSR count). The Morgan fingerprint density at radius 2 is 1.17 bits per heavy atom. The number of aromatic nitrogens is 1. The normalized spacial score (nSPS) is 11.2. The van der Waals surface area contributed by atoms with Crippen LogP contribution in [0.4, 0.5) is 0 Å². The fourth-order valence-electron chi connectivity index (χ4n) is 4.12. The van der Waals surface area contributed by atoms with Crippen LogP contribution < -0.4 is 4.57 Å². The summed E-state index contributed by atoms with van der Waals surface area (Å²) in [5, 5.41) is 2.60. The van der Waals surface area contributed by atoms with Crippen LogP contribution in [0.25, 0.3) is 10.8 Å². The van der Waals surface area contributed by atoms with E-state index in [0.717, 1.165) is 6.54 Å². The van der Waals surface area contributed by atoms with Crippen LogP contribution in [0.1, 0.15) is 82.3 Å². The van der Waals surface area contributed by atoms with Crippen molar-refractivity contribution in [3.8, 4) is 0 Å². The molecule has 0 spiro atoms. The molecule has 0 saturated carbocycles. The summed E-state index contributed by atoms with van der Waals surface area (Å²) in [6, 6.07) is 20.0. The monoisotopic (exact) mass is 388 g/mol. The fourth-order valence-corrected chi connectivity index (χ4v) is 4.12. The van der Waals surface area contributed by atoms with Crippen molar-refractivity contribution >= 4 is 10.8 Å². The van der Waals surface area contributed by atoms with Crippen LogP contribution in [0, 0.1) is 0 Å². The zero-order valence-corrected chi connectivity index (χ0v) is 18.3. The molecule has 0 N–H and O–H groups in total. The lowest BCUT2D eigenvalue weighted by Crippen LogP contribution is -2.33. The molecule has 1 heteroatoms. The highest BCUT2D eigenvalue weighted by Crippen LogP contribution is 2.14. The molecule has 0 bridgehead atoms. The maximum Gasteiger partial charge on any atom is 0.176 e. The second kappa shape index (κ2) is 12.4. The maximum absolute atomic E-state index is 2.32. The van der Waals surface area contributed by atoms with Gasteiger partial charge in [0.05, 0.1) is 0 Å². The van der Waals surface area contributed by atoms with Crippen LogP contribution in [0.5, 0.6) is 0 Å². The topological polar surface area (TPSA) is 3.88 Å². The van der Waals surface area contributed by atoms with Crippen molar-refractivity contribution in [1.82, 2.24) is 0 Å². The molecule has 154 valence electrons. The first-order valence-electron chi connectivity index (χ1n) is 11.8. The van der Waals surface area contributed by atoms with Crippen molar-refractivity contribution < 1.29 is 4.57 Å². The van der Waals surface area contributed by atoms with Gasteiger partial charge in [-0.15, -0.1) is 0 Å². The molecule has 0 radical (unpaired) electrons. The zero-order chi connectivity index (χ0) is 20.2. The SMILES string of the molecule is CCCCCCCCCCCCc1ccc(C[n+]2ccc3ccccc3c2)cc1. The van der Waals surface area contributed by atoms with Crippen molar-refractivity contribution in [2.75, 3.05) is 0 Å². The summed E-state index contributed by atoms with van der Waals surface area (Å²) in [6.07, 6.45) is 19.7. The van der Waals surface area contributed by atoms with E-state index in [1.165, 1.54) is 92.5 Å². The Balaban J connectivity index is 1.33. The molecular weight excluding hydrogens is 350 g/mol. The first-order valence-corrected chi connectivity index (χ1v) is 11.8. The maximum atomic E-state index is 2.32. The Bertz CT molecular complexity index is 834.